The minimum Gasteiger partial charge on any atom is -0.370 e. The lowest BCUT2D eigenvalue weighted by molar-refractivity contribution is 0.0943. The van der Waals surface area contributed by atoms with E-state index in [2.05, 4.69) is 32.8 Å². The number of amides is 1. The van der Waals surface area contributed by atoms with Crippen LogP contribution in [0.15, 0.2) is 18.2 Å². The average Bonchev–Trinajstić information content (AvgIpc) is 2.74. The normalized spacial score (nSPS) is 17.4. The van der Waals surface area contributed by atoms with E-state index in [4.69, 9.17) is 11.1 Å². The summed E-state index contributed by atoms with van der Waals surface area (Å²) in [6, 6.07) is 6.09. The maximum Gasteiger partial charge on any atom is 0.289 e. The molecule has 1 aliphatic rings. The molecule has 0 bridgehead atoms. The number of hydrogen-bond acceptors (Lipinski definition) is 5. The van der Waals surface area contributed by atoms with E-state index in [1.54, 1.807) is 0 Å². The van der Waals surface area contributed by atoms with Crippen LogP contribution in [0.25, 0.3) is 10.9 Å². The van der Waals surface area contributed by atoms with Gasteiger partial charge in [0.2, 0.25) is 5.82 Å². The van der Waals surface area contributed by atoms with Crippen LogP contribution in [0, 0.1) is 12.3 Å². The first-order valence-corrected chi connectivity index (χ1v) is 11.4. The lowest BCUT2D eigenvalue weighted by atomic mass is 9.90. The first-order valence-electron chi connectivity index (χ1n) is 11.4. The van der Waals surface area contributed by atoms with Gasteiger partial charge in [-0.3, -0.25) is 10.2 Å². The van der Waals surface area contributed by atoms with Crippen molar-refractivity contribution >= 4 is 53.4 Å². The number of anilines is 1. The zero-order valence-corrected chi connectivity index (χ0v) is 21.1. The highest BCUT2D eigenvalue weighted by atomic mass is 35.5. The number of rotatable bonds is 9. The Kier molecular flexibility index (Phi) is 12.2. The number of nitrogens with one attached hydrogen (secondary N) is 4. The zero-order valence-electron chi connectivity index (χ0n) is 19.4. The van der Waals surface area contributed by atoms with Crippen LogP contribution in [0.4, 0.5) is 5.82 Å². The summed E-state index contributed by atoms with van der Waals surface area (Å²) in [4.78, 5) is 21.9. The number of nitrogens with zero attached hydrogens (tertiary/aromatic N) is 2. The van der Waals surface area contributed by atoms with E-state index in [1.165, 1.54) is 6.42 Å². The van der Waals surface area contributed by atoms with Gasteiger partial charge in [-0.15, -0.1) is 24.8 Å². The van der Waals surface area contributed by atoms with Crippen LogP contribution < -0.4 is 21.7 Å². The van der Waals surface area contributed by atoms with Crippen molar-refractivity contribution in [2.45, 2.75) is 77.3 Å². The Morgan fingerprint density at radius 1 is 1.12 bits per heavy atom. The quantitative estimate of drug-likeness (QED) is 0.199. The molecule has 0 saturated heterocycles. The molecule has 0 spiro atoms. The number of nitrogens with two attached hydrogens (primary N) is 1. The highest BCUT2D eigenvalue weighted by Gasteiger charge is 2.27. The predicted octanol–water partition coefficient (Wildman–Crippen LogP) is 4.30. The van der Waals surface area contributed by atoms with Gasteiger partial charge in [-0.2, -0.15) is 0 Å². The molecule has 1 heterocycles. The summed E-state index contributed by atoms with van der Waals surface area (Å²) in [5.41, 5.74) is 7.44. The fourth-order valence-corrected chi connectivity index (χ4v) is 4.14. The molecule has 0 aliphatic heterocycles. The number of hydrogen-bond donors (Lipinski definition) is 5. The maximum atomic E-state index is 12.7. The largest absolute Gasteiger partial charge is 0.370 e. The number of aromatic nitrogens is 2. The number of unbranched alkanes of at least 4 members (excludes halogenated alkanes) is 3. The molecule has 33 heavy (non-hydrogen) atoms. The second kappa shape index (κ2) is 14.1. The standard InChI is InChI=1S/C23H35N7O.2ClH/c1-3-4-5-8-13-26-22(31)21-27-17-12-11-15(2)14-16(17)20(30-21)28-18-9-6-7-10-19(18)29-23(24)25;;/h11-12,14,18-19H,3-10,13H2,1-2H3,(H,26,31)(H4,24,25,29)(H,27,28,30);2*1H/t18-,19+;;/m0../s1. The molecule has 10 heteroatoms. The Hall–Kier alpha value is -2.32. The second-order valence-corrected chi connectivity index (χ2v) is 8.43. The summed E-state index contributed by atoms with van der Waals surface area (Å²) in [5, 5.41) is 18.1. The number of fused-ring (bicyclic) bond motifs is 1. The molecule has 2 aromatic rings. The summed E-state index contributed by atoms with van der Waals surface area (Å²) in [6.07, 6.45) is 8.47. The molecule has 0 unspecified atom stereocenters. The smallest absolute Gasteiger partial charge is 0.289 e. The monoisotopic (exact) mass is 497 g/mol. The molecule has 0 radical (unpaired) electrons. The number of carbonyl (C=O) groups excluding carboxylic acids is 1. The van der Waals surface area contributed by atoms with Crippen LogP contribution >= 0.6 is 24.8 Å². The number of aryl methyl sites for hydroxylation is 1. The van der Waals surface area contributed by atoms with E-state index in [0.717, 1.165) is 61.4 Å². The first kappa shape index (κ1) is 28.7. The molecule has 3 rings (SSSR count). The van der Waals surface area contributed by atoms with Gasteiger partial charge in [-0.25, -0.2) is 9.97 Å². The van der Waals surface area contributed by atoms with Crippen LogP contribution in [0.3, 0.4) is 0 Å². The van der Waals surface area contributed by atoms with Gasteiger partial charge in [0.1, 0.15) is 5.82 Å². The van der Waals surface area contributed by atoms with Crippen LogP contribution in [0.2, 0.25) is 0 Å². The fraction of sp³-hybridized carbons (Fsp3) is 0.565. The Morgan fingerprint density at radius 2 is 1.85 bits per heavy atom. The van der Waals surface area contributed by atoms with Gasteiger partial charge < -0.3 is 21.7 Å². The number of benzene rings is 1. The SMILES string of the molecule is CCCCCCNC(=O)c1nc(N[C@H]2CCCC[C@H]2NC(=N)N)c2cc(C)ccc2n1.Cl.Cl. The van der Waals surface area contributed by atoms with Crippen molar-refractivity contribution in [2.75, 3.05) is 11.9 Å². The lowest BCUT2D eigenvalue weighted by Crippen LogP contribution is -2.50. The minimum atomic E-state index is -0.246. The Labute approximate surface area is 208 Å². The molecule has 1 fully saturated rings. The van der Waals surface area contributed by atoms with Gasteiger partial charge in [0, 0.05) is 24.0 Å². The zero-order chi connectivity index (χ0) is 22.2. The summed E-state index contributed by atoms with van der Waals surface area (Å²) in [5.74, 6) is 0.572. The molecule has 1 amide bonds. The molecule has 184 valence electrons. The molecule has 2 atom stereocenters. The first-order chi connectivity index (χ1) is 15.0. The van der Waals surface area contributed by atoms with Crippen LogP contribution in [-0.2, 0) is 0 Å². The van der Waals surface area contributed by atoms with Crippen LogP contribution in [0.5, 0.6) is 0 Å². The van der Waals surface area contributed by atoms with E-state index < -0.39 is 0 Å². The van der Waals surface area contributed by atoms with Crippen molar-refractivity contribution < 1.29 is 4.79 Å². The third kappa shape index (κ3) is 8.19. The Morgan fingerprint density at radius 3 is 2.55 bits per heavy atom. The molecule has 8 nitrogen and oxygen atoms in total. The minimum absolute atomic E-state index is 0. The molecular formula is C23H37Cl2N7O. The maximum absolute atomic E-state index is 12.7. The van der Waals surface area contributed by atoms with Crippen molar-refractivity contribution in [3.8, 4) is 0 Å². The van der Waals surface area contributed by atoms with E-state index >= 15 is 0 Å². The van der Waals surface area contributed by atoms with Gasteiger partial charge >= 0.3 is 0 Å². The van der Waals surface area contributed by atoms with Gasteiger partial charge in [0.25, 0.3) is 5.91 Å². The predicted molar refractivity (Wildman–Crippen MR) is 140 cm³/mol. The van der Waals surface area contributed by atoms with Gasteiger partial charge in [-0.1, -0.05) is 50.7 Å². The summed E-state index contributed by atoms with van der Waals surface area (Å²) in [6.45, 7) is 4.82. The number of carbonyl (C=O) groups is 1. The number of guanidine groups is 1. The second-order valence-electron chi connectivity index (χ2n) is 8.43. The molecule has 1 saturated carbocycles. The van der Waals surface area contributed by atoms with Crippen LogP contribution in [-0.4, -0.2) is 40.5 Å². The third-order valence-electron chi connectivity index (χ3n) is 5.80. The van der Waals surface area contributed by atoms with Gasteiger partial charge in [0.15, 0.2) is 5.96 Å². The van der Waals surface area contributed by atoms with Crippen LogP contribution in [0.1, 0.15) is 74.5 Å². The molecule has 1 aromatic carbocycles. The highest BCUT2D eigenvalue weighted by molar-refractivity contribution is 5.96. The third-order valence-corrected chi connectivity index (χ3v) is 5.80. The lowest BCUT2D eigenvalue weighted by Gasteiger charge is -2.33. The molecular weight excluding hydrogens is 461 g/mol. The van der Waals surface area contributed by atoms with Crippen molar-refractivity contribution in [1.29, 1.82) is 5.41 Å². The topological polar surface area (TPSA) is 129 Å². The summed E-state index contributed by atoms with van der Waals surface area (Å²) < 4.78 is 0. The van der Waals surface area contributed by atoms with Gasteiger partial charge in [-0.05, 0) is 38.3 Å². The molecule has 6 N–H and O–H groups in total. The Bertz CT molecular complexity index is 925. The van der Waals surface area contributed by atoms with Crippen molar-refractivity contribution in [2.24, 2.45) is 5.73 Å². The summed E-state index contributed by atoms with van der Waals surface area (Å²) in [7, 11) is 0. The number of halogens is 2. The molecule has 1 aliphatic carbocycles. The highest BCUT2D eigenvalue weighted by Crippen LogP contribution is 2.27. The average molecular weight is 499 g/mol. The van der Waals surface area contributed by atoms with Gasteiger partial charge in [0.05, 0.1) is 5.52 Å². The Balaban J connectivity index is 0.00000272. The van der Waals surface area contributed by atoms with E-state index in [-0.39, 0.29) is 54.6 Å². The van der Waals surface area contributed by atoms with E-state index in [0.29, 0.717) is 12.4 Å². The fourth-order valence-electron chi connectivity index (χ4n) is 4.14. The van der Waals surface area contributed by atoms with E-state index in [9.17, 15) is 4.79 Å². The van der Waals surface area contributed by atoms with Crippen molar-refractivity contribution in [3.05, 3.63) is 29.6 Å². The van der Waals surface area contributed by atoms with Crippen molar-refractivity contribution in [3.63, 3.8) is 0 Å². The summed E-state index contributed by atoms with van der Waals surface area (Å²) >= 11 is 0. The molecule has 1 aromatic heterocycles. The van der Waals surface area contributed by atoms with Crippen molar-refractivity contribution in [1.82, 2.24) is 20.6 Å². The van der Waals surface area contributed by atoms with E-state index in [1.807, 2.05) is 25.1 Å².